The Bertz CT molecular complexity index is 446. The van der Waals surface area contributed by atoms with E-state index in [0.717, 1.165) is 11.3 Å². The molecule has 0 fully saturated rings. The number of methoxy groups -OCH3 is 1. The summed E-state index contributed by atoms with van der Waals surface area (Å²) in [6.45, 7) is 3.37. The second-order valence-electron chi connectivity index (χ2n) is 4.49. The smallest absolute Gasteiger partial charge is 0.228 e. The van der Waals surface area contributed by atoms with Crippen LogP contribution in [-0.2, 0) is 16.8 Å². The van der Waals surface area contributed by atoms with Crippen molar-refractivity contribution in [3.63, 3.8) is 0 Å². The summed E-state index contributed by atoms with van der Waals surface area (Å²) in [4.78, 5) is 11.3. The van der Waals surface area contributed by atoms with Gasteiger partial charge >= 0.3 is 0 Å². The zero-order valence-electron chi connectivity index (χ0n) is 9.63. The van der Waals surface area contributed by atoms with E-state index in [9.17, 15) is 9.90 Å². The molecule has 2 N–H and O–H groups in total. The van der Waals surface area contributed by atoms with Gasteiger partial charge < -0.3 is 15.2 Å². The zero-order chi connectivity index (χ0) is 11.9. The fourth-order valence-electron chi connectivity index (χ4n) is 1.92. The van der Waals surface area contributed by atoms with Crippen LogP contribution in [0.4, 0.5) is 5.69 Å². The lowest BCUT2D eigenvalue weighted by Crippen LogP contribution is -2.18. The minimum atomic E-state index is -1.00. The van der Waals surface area contributed by atoms with Crippen LogP contribution in [0, 0.1) is 0 Å². The maximum Gasteiger partial charge on any atom is 0.228 e. The molecule has 86 valence electrons. The molecule has 4 nitrogen and oxygen atoms in total. The van der Waals surface area contributed by atoms with Crippen LogP contribution in [0.25, 0.3) is 0 Å². The van der Waals surface area contributed by atoms with Crippen LogP contribution < -0.4 is 10.1 Å². The van der Waals surface area contributed by atoms with E-state index in [1.807, 2.05) is 6.07 Å². The summed E-state index contributed by atoms with van der Waals surface area (Å²) in [5, 5.41) is 12.8. The van der Waals surface area contributed by atoms with Gasteiger partial charge in [-0.2, -0.15) is 0 Å². The summed E-state index contributed by atoms with van der Waals surface area (Å²) in [6.07, 6.45) is 0.343. The number of anilines is 1. The lowest BCUT2D eigenvalue weighted by molar-refractivity contribution is -0.115. The van der Waals surface area contributed by atoms with Gasteiger partial charge in [-0.15, -0.1) is 0 Å². The van der Waals surface area contributed by atoms with E-state index >= 15 is 0 Å². The highest BCUT2D eigenvalue weighted by Gasteiger charge is 2.28. The van der Waals surface area contributed by atoms with Crippen molar-refractivity contribution in [2.24, 2.45) is 0 Å². The maximum atomic E-state index is 11.3. The topological polar surface area (TPSA) is 58.6 Å². The molecule has 0 saturated heterocycles. The van der Waals surface area contributed by atoms with Crippen LogP contribution in [0.1, 0.15) is 25.0 Å². The second kappa shape index (κ2) is 3.49. The van der Waals surface area contributed by atoms with Gasteiger partial charge in [0.05, 0.1) is 24.8 Å². The molecule has 1 aromatic carbocycles. The number of fused-ring (bicyclic) bond motifs is 1. The minimum absolute atomic E-state index is 0.0475. The number of nitrogens with one attached hydrogen (secondary N) is 1. The number of carbonyl (C=O) groups excluding carboxylic acids is 1. The van der Waals surface area contributed by atoms with Crippen LogP contribution >= 0.6 is 0 Å². The molecule has 1 amide bonds. The van der Waals surface area contributed by atoms with E-state index in [4.69, 9.17) is 4.74 Å². The first-order valence-corrected chi connectivity index (χ1v) is 5.15. The van der Waals surface area contributed by atoms with Gasteiger partial charge in [-0.1, -0.05) is 0 Å². The van der Waals surface area contributed by atoms with Crippen LogP contribution in [0.5, 0.6) is 5.75 Å². The Morgan fingerprint density at radius 3 is 2.69 bits per heavy atom. The predicted octanol–water partition coefficient (Wildman–Crippen LogP) is 1.42. The molecule has 0 aliphatic carbocycles. The monoisotopic (exact) mass is 221 g/mol. The highest BCUT2D eigenvalue weighted by atomic mass is 16.5. The van der Waals surface area contributed by atoms with Gasteiger partial charge in [-0.05, 0) is 31.5 Å². The largest absolute Gasteiger partial charge is 0.497 e. The zero-order valence-corrected chi connectivity index (χ0v) is 9.63. The SMILES string of the molecule is COc1cc2c(c(C(C)(C)O)c1)NC(=O)C2. The average Bonchev–Trinajstić information content (AvgIpc) is 2.54. The molecule has 0 atom stereocenters. The van der Waals surface area contributed by atoms with Crippen LogP contribution in [0.2, 0.25) is 0 Å². The van der Waals surface area contributed by atoms with Crippen molar-refractivity contribution >= 4 is 11.6 Å². The van der Waals surface area contributed by atoms with E-state index < -0.39 is 5.60 Å². The quantitative estimate of drug-likeness (QED) is 0.794. The third kappa shape index (κ3) is 1.76. The molecule has 0 saturated carbocycles. The molecule has 0 unspecified atom stereocenters. The van der Waals surface area contributed by atoms with Crippen molar-refractivity contribution in [2.75, 3.05) is 12.4 Å². The van der Waals surface area contributed by atoms with Gasteiger partial charge in [0.15, 0.2) is 0 Å². The number of hydrogen-bond acceptors (Lipinski definition) is 3. The first kappa shape index (κ1) is 11.0. The number of carbonyl (C=O) groups is 1. The van der Waals surface area contributed by atoms with Gasteiger partial charge in [0.2, 0.25) is 5.91 Å². The van der Waals surface area contributed by atoms with Crippen molar-refractivity contribution in [3.05, 3.63) is 23.3 Å². The standard InChI is InChI=1S/C12H15NO3/c1-12(2,15)9-6-8(16-3)4-7-5-10(14)13-11(7)9/h4,6,15H,5H2,1-3H3,(H,13,14). The molecule has 0 aromatic heterocycles. The Kier molecular flexibility index (Phi) is 2.39. The summed E-state index contributed by atoms with van der Waals surface area (Å²) in [5.74, 6) is 0.612. The maximum absolute atomic E-state index is 11.3. The number of rotatable bonds is 2. The number of amides is 1. The Morgan fingerprint density at radius 2 is 2.12 bits per heavy atom. The summed E-state index contributed by atoms with van der Waals surface area (Å²) in [7, 11) is 1.57. The van der Waals surface area contributed by atoms with Crippen molar-refractivity contribution in [1.82, 2.24) is 0 Å². The average molecular weight is 221 g/mol. The first-order valence-electron chi connectivity index (χ1n) is 5.15. The molecule has 0 bridgehead atoms. The highest BCUT2D eigenvalue weighted by molar-refractivity contribution is 6.00. The highest BCUT2D eigenvalue weighted by Crippen LogP contribution is 2.37. The van der Waals surface area contributed by atoms with Crippen molar-refractivity contribution < 1.29 is 14.6 Å². The molecule has 1 heterocycles. The molecule has 1 aliphatic rings. The molecular formula is C12H15NO3. The Labute approximate surface area is 94.2 Å². The van der Waals surface area contributed by atoms with E-state index in [1.165, 1.54) is 0 Å². The second-order valence-corrected chi connectivity index (χ2v) is 4.49. The first-order chi connectivity index (χ1) is 7.41. The van der Waals surface area contributed by atoms with E-state index in [2.05, 4.69) is 5.32 Å². The molecule has 1 aromatic rings. The molecule has 1 aliphatic heterocycles. The summed E-state index contributed by atoms with van der Waals surface area (Å²) < 4.78 is 5.16. The van der Waals surface area contributed by atoms with E-state index in [-0.39, 0.29) is 5.91 Å². The lowest BCUT2D eigenvalue weighted by Gasteiger charge is -2.22. The molecule has 4 heteroatoms. The Hall–Kier alpha value is -1.55. The summed E-state index contributed by atoms with van der Waals surface area (Å²) >= 11 is 0. The van der Waals surface area contributed by atoms with E-state index in [1.54, 1.807) is 27.0 Å². The van der Waals surface area contributed by atoms with Gasteiger partial charge in [-0.3, -0.25) is 4.79 Å². The van der Waals surface area contributed by atoms with Gasteiger partial charge in [0.1, 0.15) is 5.75 Å². The number of aliphatic hydroxyl groups is 1. The van der Waals surface area contributed by atoms with Crippen LogP contribution in [-0.4, -0.2) is 18.1 Å². The van der Waals surface area contributed by atoms with Gasteiger partial charge in [-0.25, -0.2) is 0 Å². The number of ether oxygens (including phenoxy) is 1. The van der Waals surface area contributed by atoms with Gasteiger partial charge in [0, 0.05) is 5.56 Å². The minimum Gasteiger partial charge on any atom is -0.497 e. The predicted molar refractivity (Wildman–Crippen MR) is 60.6 cm³/mol. The van der Waals surface area contributed by atoms with Crippen molar-refractivity contribution in [3.8, 4) is 5.75 Å². The fourth-order valence-corrected chi connectivity index (χ4v) is 1.92. The molecule has 2 rings (SSSR count). The van der Waals surface area contributed by atoms with Crippen LogP contribution in [0.3, 0.4) is 0 Å². The number of hydrogen-bond donors (Lipinski definition) is 2. The summed E-state index contributed by atoms with van der Waals surface area (Å²) in [5.41, 5.74) is 1.28. The third-order valence-corrected chi connectivity index (χ3v) is 2.70. The normalized spacial score (nSPS) is 14.6. The lowest BCUT2D eigenvalue weighted by atomic mass is 9.94. The summed E-state index contributed by atoms with van der Waals surface area (Å²) in [6, 6.07) is 3.58. The van der Waals surface area contributed by atoms with Crippen molar-refractivity contribution in [1.29, 1.82) is 0 Å². The van der Waals surface area contributed by atoms with Gasteiger partial charge in [0.25, 0.3) is 0 Å². The number of benzene rings is 1. The molecule has 16 heavy (non-hydrogen) atoms. The third-order valence-electron chi connectivity index (χ3n) is 2.70. The Balaban J connectivity index is 2.60. The molecule has 0 radical (unpaired) electrons. The van der Waals surface area contributed by atoms with Crippen LogP contribution in [0.15, 0.2) is 12.1 Å². The molecular weight excluding hydrogens is 206 g/mol. The molecule has 0 spiro atoms. The van der Waals surface area contributed by atoms with E-state index in [0.29, 0.717) is 17.7 Å². The Morgan fingerprint density at radius 1 is 1.44 bits per heavy atom. The van der Waals surface area contributed by atoms with Crippen molar-refractivity contribution in [2.45, 2.75) is 25.9 Å². The fraction of sp³-hybridized carbons (Fsp3) is 0.417.